The number of non-ortho nitro benzene ring substituents is 1. The van der Waals surface area contributed by atoms with E-state index in [9.17, 15) is 10.1 Å². The maximum absolute atomic E-state index is 10.7. The van der Waals surface area contributed by atoms with Crippen LogP contribution in [0, 0.1) is 21.4 Å². The van der Waals surface area contributed by atoms with E-state index in [0.29, 0.717) is 21.5 Å². The number of nitro groups is 1. The van der Waals surface area contributed by atoms with Crippen LogP contribution in [-0.2, 0) is 0 Å². The molecule has 6 nitrogen and oxygen atoms in total. The van der Waals surface area contributed by atoms with E-state index in [-0.39, 0.29) is 11.4 Å². The molecule has 21 heavy (non-hydrogen) atoms. The Morgan fingerprint density at radius 3 is 2.57 bits per heavy atom. The molecular weight excluding hydrogens is 340 g/mol. The van der Waals surface area contributed by atoms with Crippen LogP contribution < -0.4 is 9.47 Å². The SMILES string of the molecule is COc1cc([N+](=O)[O-])ccc1Oc1ccc(C#N)c(Br)c1. The zero-order chi connectivity index (χ0) is 15.4. The summed E-state index contributed by atoms with van der Waals surface area (Å²) in [5.74, 6) is 1.08. The minimum Gasteiger partial charge on any atom is -0.493 e. The molecule has 7 heteroatoms. The van der Waals surface area contributed by atoms with Crippen LogP contribution in [0.5, 0.6) is 17.2 Å². The van der Waals surface area contributed by atoms with Gasteiger partial charge in [0.15, 0.2) is 11.5 Å². The molecule has 2 aromatic carbocycles. The number of nitro benzene ring substituents is 1. The van der Waals surface area contributed by atoms with Crippen molar-refractivity contribution in [2.75, 3.05) is 7.11 Å². The van der Waals surface area contributed by atoms with Crippen LogP contribution in [0.1, 0.15) is 5.56 Å². The van der Waals surface area contributed by atoms with Gasteiger partial charge in [0.05, 0.1) is 23.7 Å². The number of nitriles is 1. The average Bonchev–Trinajstić information content (AvgIpc) is 2.47. The van der Waals surface area contributed by atoms with Crippen molar-refractivity contribution >= 4 is 21.6 Å². The lowest BCUT2D eigenvalue weighted by Crippen LogP contribution is -1.93. The first-order chi connectivity index (χ1) is 10.0. The highest BCUT2D eigenvalue weighted by Gasteiger charge is 2.13. The van der Waals surface area contributed by atoms with Crippen LogP contribution in [0.15, 0.2) is 40.9 Å². The third kappa shape index (κ3) is 3.30. The molecule has 0 saturated heterocycles. The number of methoxy groups -OCH3 is 1. The highest BCUT2D eigenvalue weighted by atomic mass is 79.9. The van der Waals surface area contributed by atoms with Crippen LogP contribution in [0.25, 0.3) is 0 Å². The summed E-state index contributed by atoms with van der Waals surface area (Å²) in [5.41, 5.74) is 0.401. The molecule has 0 aromatic heterocycles. The number of rotatable bonds is 4. The van der Waals surface area contributed by atoms with Crippen LogP contribution in [0.4, 0.5) is 5.69 Å². The van der Waals surface area contributed by atoms with E-state index in [4.69, 9.17) is 14.7 Å². The van der Waals surface area contributed by atoms with Gasteiger partial charge >= 0.3 is 0 Å². The summed E-state index contributed by atoms with van der Waals surface area (Å²) in [4.78, 5) is 10.2. The standard InChI is InChI=1S/C14H9BrN2O4/c1-20-14-6-10(17(18)19)3-5-13(14)21-11-4-2-9(8-16)12(15)7-11/h2-7H,1H3. The summed E-state index contributed by atoms with van der Waals surface area (Å²) in [6.45, 7) is 0. The van der Waals surface area contributed by atoms with Crippen LogP contribution in [0.3, 0.4) is 0 Å². The second kappa shape index (κ2) is 6.24. The molecule has 0 unspecified atom stereocenters. The molecule has 0 heterocycles. The smallest absolute Gasteiger partial charge is 0.273 e. The number of hydrogen-bond acceptors (Lipinski definition) is 5. The monoisotopic (exact) mass is 348 g/mol. The van der Waals surface area contributed by atoms with Gasteiger partial charge in [-0.2, -0.15) is 5.26 Å². The van der Waals surface area contributed by atoms with E-state index >= 15 is 0 Å². The minimum absolute atomic E-state index is 0.0831. The lowest BCUT2D eigenvalue weighted by atomic mass is 10.2. The zero-order valence-corrected chi connectivity index (χ0v) is 12.5. The summed E-state index contributed by atoms with van der Waals surface area (Å²) < 4.78 is 11.3. The Bertz CT molecular complexity index is 740. The fraction of sp³-hybridized carbons (Fsp3) is 0.0714. The molecule has 0 fully saturated rings. The van der Waals surface area contributed by atoms with Gasteiger partial charge in [-0.15, -0.1) is 0 Å². The molecule has 0 radical (unpaired) electrons. The summed E-state index contributed by atoms with van der Waals surface area (Å²) >= 11 is 3.26. The largest absolute Gasteiger partial charge is 0.493 e. The van der Waals surface area contributed by atoms with E-state index in [1.54, 1.807) is 18.2 Å². The first-order valence-electron chi connectivity index (χ1n) is 5.75. The molecule has 0 aliphatic rings. The molecule has 0 N–H and O–H groups in total. The van der Waals surface area contributed by atoms with Crippen molar-refractivity contribution in [3.05, 3.63) is 56.5 Å². The molecule has 0 amide bonds. The fourth-order valence-corrected chi connectivity index (χ4v) is 2.08. The Morgan fingerprint density at radius 2 is 2.00 bits per heavy atom. The molecule has 2 rings (SSSR count). The first kappa shape index (κ1) is 14.8. The third-order valence-electron chi connectivity index (χ3n) is 2.65. The van der Waals surface area contributed by atoms with Gasteiger partial charge in [0.2, 0.25) is 0 Å². The van der Waals surface area contributed by atoms with E-state index < -0.39 is 4.92 Å². The summed E-state index contributed by atoms with van der Waals surface area (Å²) in [6.07, 6.45) is 0. The van der Waals surface area contributed by atoms with Crippen LogP contribution >= 0.6 is 15.9 Å². The predicted octanol–water partition coefficient (Wildman–Crippen LogP) is 4.03. The molecular formula is C14H9BrN2O4. The molecule has 0 saturated carbocycles. The van der Waals surface area contributed by atoms with Gasteiger partial charge in [-0.1, -0.05) is 0 Å². The summed E-state index contributed by atoms with van der Waals surface area (Å²) in [5, 5.41) is 19.6. The third-order valence-corrected chi connectivity index (χ3v) is 3.30. The molecule has 0 aliphatic carbocycles. The first-order valence-corrected chi connectivity index (χ1v) is 6.54. The highest BCUT2D eigenvalue weighted by Crippen LogP contribution is 2.35. The molecule has 0 bridgehead atoms. The van der Waals surface area contributed by atoms with Crippen molar-refractivity contribution in [3.63, 3.8) is 0 Å². The minimum atomic E-state index is -0.509. The maximum Gasteiger partial charge on any atom is 0.273 e. The van der Waals surface area contributed by atoms with E-state index in [0.717, 1.165) is 0 Å². The van der Waals surface area contributed by atoms with Gasteiger partial charge in [-0.05, 0) is 40.2 Å². The molecule has 0 atom stereocenters. The van der Waals surface area contributed by atoms with Crippen molar-refractivity contribution in [1.82, 2.24) is 0 Å². The topological polar surface area (TPSA) is 85.4 Å². The Labute approximate surface area is 128 Å². The summed E-state index contributed by atoms with van der Waals surface area (Å²) in [7, 11) is 1.40. The van der Waals surface area contributed by atoms with Crippen molar-refractivity contribution in [3.8, 4) is 23.3 Å². The molecule has 106 valence electrons. The Balaban J connectivity index is 2.33. The Hall–Kier alpha value is -2.59. The van der Waals surface area contributed by atoms with Crippen molar-refractivity contribution in [1.29, 1.82) is 5.26 Å². The van der Waals surface area contributed by atoms with E-state index in [1.165, 1.54) is 25.3 Å². The number of benzene rings is 2. The number of halogens is 1. The van der Waals surface area contributed by atoms with Crippen LogP contribution in [0.2, 0.25) is 0 Å². The van der Waals surface area contributed by atoms with Crippen molar-refractivity contribution in [2.45, 2.75) is 0 Å². The lowest BCUT2D eigenvalue weighted by Gasteiger charge is -2.10. The fourth-order valence-electron chi connectivity index (χ4n) is 1.63. The second-order valence-corrected chi connectivity index (χ2v) is 4.80. The number of nitrogens with zero attached hydrogens (tertiary/aromatic N) is 2. The van der Waals surface area contributed by atoms with E-state index in [1.807, 2.05) is 6.07 Å². The Kier molecular flexibility index (Phi) is 4.40. The van der Waals surface area contributed by atoms with Gasteiger partial charge in [0.1, 0.15) is 11.8 Å². The maximum atomic E-state index is 10.7. The predicted molar refractivity (Wildman–Crippen MR) is 78.6 cm³/mol. The van der Waals surface area contributed by atoms with Crippen LogP contribution in [-0.4, -0.2) is 12.0 Å². The Morgan fingerprint density at radius 1 is 1.24 bits per heavy atom. The number of hydrogen-bond donors (Lipinski definition) is 0. The highest BCUT2D eigenvalue weighted by molar-refractivity contribution is 9.10. The second-order valence-electron chi connectivity index (χ2n) is 3.95. The van der Waals surface area contributed by atoms with Gasteiger partial charge < -0.3 is 9.47 Å². The average molecular weight is 349 g/mol. The molecule has 2 aromatic rings. The summed E-state index contributed by atoms with van der Waals surface area (Å²) in [6, 6.07) is 11.0. The quantitative estimate of drug-likeness (QED) is 0.614. The molecule has 0 spiro atoms. The van der Waals surface area contributed by atoms with Gasteiger partial charge in [0.25, 0.3) is 5.69 Å². The van der Waals surface area contributed by atoms with Gasteiger partial charge in [0, 0.05) is 10.5 Å². The normalized spacial score (nSPS) is 9.76. The van der Waals surface area contributed by atoms with E-state index in [2.05, 4.69) is 15.9 Å². The van der Waals surface area contributed by atoms with Gasteiger partial charge in [-0.25, -0.2) is 0 Å². The lowest BCUT2D eigenvalue weighted by molar-refractivity contribution is -0.384. The zero-order valence-electron chi connectivity index (χ0n) is 10.9. The molecule has 0 aliphatic heterocycles. The van der Waals surface area contributed by atoms with Crippen molar-refractivity contribution in [2.24, 2.45) is 0 Å². The van der Waals surface area contributed by atoms with Crippen molar-refractivity contribution < 1.29 is 14.4 Å². The number of ether oxygens (including phenoxy) is 2. The van der Waals surface area contributed by atoms with Gasteiger partial charge in [-0.3, -0.25) is 10.1 Å².